The van der Waals surface area contributed by atoms with E-state index >= 15 is 0 Å². The molecular weight excluding hydrogens is 278 g/mol. The maximum absolute atomic E-state index is 12.7. The van der Waals surface area contributed by atoms with Gasteiger partial charge in [0.2, 0.25) is 0 Å². The zero-order chi connectivity index (χ0) is 14.1. The van der Waals surface area contributed by atoms with Gasteiger partial charge in [-0.15, -0.1) is 0 Å². The Morgan fingerprint density at radius 1 is 1.45 bits per heavy atom. The molecule has 106 valence electrons. The monoisotopic (exact) mass is 293 g/mol. The molecule has 1 fully saturated rings. The first-order chi connectivity index (χ1) is 9.66. The zero-order valence-electron chi connectivity index (χ0n) is 11.3. The minimum absolute atomic E-state index is 0.00657. The fourth-order valence-corrected chi connectivity index (χ4v) is 3.06. The van der Waals surface area contributed by atoms with Crippen molar-refractivity contribution in [1.82, 2.24) is 15.0 Å². The molecule has 0 unspecified atom stereocenters. The lowest BCUT2D eigenvalue weighted by Crippen LogP contribution is -2.43. The standard InChI is InChI=1S/C13H15N3O3S/c1-8-6-20-7-10(8)13(17)16-3-4-18-5-11(16)12-14-9(2)15-19-12/h6-7,11H,3-5H2,1-2H3/t11-/m0/s1. The molecule has 0 aliphatic carbocycles. The molecule has 6 nitrogen and oxygen atoms in total. The van der Waals surface area contributed by atoms with Crippen LogP contribution in [-0.2, 0) is 4.74 Å². The van der Waals surface area contributed by atoms with Crippen LogP contribution in [0.3, 0.4) is 0 Å². The molecule has 0 spiro atoms. The summed E-state index contributed by atoms with van der Waals surface area (Å²) >= 11 is 1.53. The van der Waals surface area contributed by atoms with Gasteiger partial charge in [-0.05, 0) is 24.8 Å². The number of carbonyl (C=O) groups is 1. The summed E-state index contributed by atoms with van der Waals surface area (Å²) in [7, 11) is 0. The Bertz CT molecular complexity index is 622. The fraction of sp³-hybridized carbons (Fsp3) is 0.462. The summed E-state index contributed by atoms with van der Waals surface area (Å²) in [5.74, 6) is 0.987. The number of aromatic nitrogens is 2. The zero-order valence-corrected chi connectivity index (χ0v) is 12.1. The number of carbonyl (C=O) groups excluding carboxylic acids is 1. The first-order valence-electron chi connectivity index (χ1n) is 6.38. The Morgan fingerprint density at radius 2 is 2.30 bits per heavy atom. The van der Waals surface area contributed by atoms with Gasteiger partial charge in [-0.3, -0.25) is 4.79 Å². The van der Waals surface area contributed by atoms with E-state index in [1.54, 1.807) is 11.8 Å². The van der Waals surface area contributed by atoms with Gasteiger partial charge in [0.1, 0.15) is 6.04 Å². The van der Waals surface area contributed by atoms with Crippen molar-refractivity contribution in [1.29, 1.82) is 0 Å². The number of aryl methyl sites for hydroxylation is 2. The van der Waals surface area contributed by atoms with Crippen molar-refractivity contribution < 1.29 is 14.1 Å². The number of morpholine rings is 1. The van der Waals surface area contributed by atoms with Crippen LogP contribution in [0.5, 0.6) is 0 Å². The highest BCUT2D eigenvalue weighted by Crippen LogP contribution is 2.26. The van der Waals surface area contributed by atoms with Gasteiger partial charge in [0.15, 0.2) is 5.82 Å². The maximum Gasteiger partial charge on any atom is 0.255 e. The van der Waals surface area contributed by atoms with Gasteiger partial charge in [-0.2, -0.15) is 16.3 Å². The molecule has 7 heteroatoms. The molecule has 1 atom stereocenters. The first-order valence-corrected chi connectivity index (χ1v) is 7.33. The summed E-state index contributed by atoms with van der Waals surface area (Å²) in [6.45, 7) is 5.14. The van der Waals surface area contributed by atoms with E-state index in [1.807, 2.05) is 17.7 Å². The highest BCUT2D eigenvalue weighted by molar-refractivity contribution is 7.08. The van der Waals surface area contributed by atoms with Crippen LogP contribution < -0.4 is 0 Å². The molecule has 2 aromatic heterocycles. The summed E-state index contributed by atoms with van der Waals surface area (Å²) in [5, 5.41) is 7.64. The molecule has 3 rings (SSSR count). The number of amides is 1. The fourth-order valence-electron chi connectivity index (χ4n) is 2.23. The van der Waals surface area contributed by atoms with Crippen molar-refractivity contribution in [3.8, 4) is 0 Å². The van der Waals surface area contributed by atoms with Crippen LogP contribution in [0.2, 0.25) is 0 Å². The van der Waals surface area contributed by atoms with Crippen LogP contribution in [0.15, 0.2) is 15.3 Å². The normalized spacial score (nSPS) is 19.3. The smallest absolute Gasteiger partial charge is 0.255 e. The van der Waals surface area contributed by atoms with Gasteiger partial charge < -0.3 is 14.2 Å². The number of thiophene rings is 1. The van der Waals surface area contributed by atoms with Gasteiger partial charge in [-0.25, -0.2) is 0 Å². The molecule has 0 N–H and O–H groups in total. The second-order valence-corrected chi connectivity index (χ2v) is 5.48. The van der Waals surface area contributed by atoms with Crippen LogP contribution >= 0.6 is 11.3 Å². The van der Waals surface area contributed by atoms with Crippen molar-refractivity contribution in [3.63, 3.8) is 0 Å². The second kappa shape index (κ2) is 5.34. The van der Waals surface area contributed by atoms with Gasteiger partial charge in [-0.1, -0.05) is 5.16 Å². The van der Waals surface area contributed by atoms with Crippen molar-refractivity contribution in [2.75, 3.05) is 19.8 Å². The van der Waals surface area contributed by atoms with Gasteiger partial charge in [0, 0.05) is 11.9 Å². The molecule has 0 bridgehead atoms. The third-order valence-corrected chi connectivity index (χ3v) is 4.17. The van der Waals surface area contributed by atoms with Crippen molar-refractivity contribution in [2.24, 2.45) is 0 Å². The highest BCUT2D eigenvalue weighted by Gasteiger charge is 2.33. The van der Waals surface area contributed by atoms with Gasteiger partial charge >= 0.3 is 0 Å². The van der Waals surface area contributed by atoms with Crippen molar-refractivity contribution in [2.45, 2.75) is 19.9 Å². The molecule has 1 amide bonds. The number of hydrogen-bond acceptors (Lipinski definition) is 6. The molecule has 0 radical (unpaired) electrons. The molecule has 0 aromatic carbocycles. The Hall–Kier alpha value is -1.73. The van der Waals surface area contributed by atoms with E-state index in [0.717, 1.165) is 11.1 Å². The predicted octanol–water partition coefficient (Wildman–Crippen LogP) is 1.96. The third kappa shape index (κ3) is 2.34. The van der Waals surface area contributed by atoms with Crippen molar-refractivity contribution >= 4 is 17.2 Å². The summed E-state index contributed by atoms with van der Waals surface area (Å²) < 4.78 is 10.7. The number of nitrogens with zero attached hydrogens (tertiary/aromatic N) is 3. The van der Waals surface area contributed by atoms with E-state index in [1.165, 1.54) is 11.3 Å². The quantitative estimate of drug-likeness (QED) is 0.846. The third-order valence-electron chi connectivity index (χ3n) is 3.30. The van der Waals surface area contributed by atoms with Crippen molar-refractivity contribution in [3.05, 3.63) is 33.6 Å². The average Bonchev–Trinajstić information content (AvgIpc) is 3.07. The van der Waals surface area contributed by atoms with Crippen LogP contribution in [0.1, 0.15) is 33.7 Å². The number of hydrogen-bond donors (Lipinski definition) is 0. The second-order valence-electron chi connectivity index (χ2n) is 4.74. The summed E-state index contributed by atoms with van der Waals surface area (Å²) in [6, 6.07) is -0.309. The summed E-state index contributed by atoms with van der Waals surface area (Å²) in [6.07, 6.45) is 0. The van der Waals surface area contributed by atoms with Crippen LogP contribution in [0.25, 0.3) is 0 Å². The molecule has 0 saturated carbocycles. The molecule has 20 heavy (non-hydrogen) atoms. The molecular formula is C13H15N3O3S. The SMILES string of the molecule is Cc1noc([C@@H]2COCCN2C(=O)c2cscc2C)n1. The minimum atomic E-state index is -0.309. The van der Waals surface area contributed by atoms with E-state index in [2.05, 4.69) is 10.1 Å². The van der Waals surface area contributed by atoms with E-state index in [4.69, 9.17) is 9.26 Å². The Balaban J connectivity index is 1.89. The topological polar surface area (TPSA) is 68.5 Å². The van der Waals surface area contributed by atoms with Crippen LogP contribution in [0, 0.1) is 13.8 Å². The highest BCUT2D eigenvalue weighted by atomic mass is 32.1. The molecule has 2 aromatic rings. The Labute approximate surface area is 120 Å². The van der Waals surface area contributed by atoms with Gasteiger partial charge in [0.25, 0.3) is 11.8 Å². The minimum Gasteiger partial charge on any atom is -0.377 e. The van der Waals surface area contributed by atoms with Gasteiger partial charge in [0.05, 0.1) is 18.8 Å². The summed E-state index contributed by atoms with van der Waals surface area (Å²) in [4.78, 5) is 18.6. The molecule has 3 heterocycles. The molecule has 1 aliphatic heterocycles. The van der Waals surface area contributed by atoms with Crippen LogP contribution in [0.4, 0.5) is 0 Å². The lowest BCUT2D eigenvalue weighted by molar-refractivity contribution is -0.0119. The molecule has 1 saturated heterocycles. The number of ether oxygens (including phenoxy) is 1. The molecule has 1 aliphatic rings. The van der Waals surface area contributed by atoms with E-state index in [0.29, 0.717) is 31.5 Å². The number of rotatable bonds is 2. The lowest BCUT2D eigenvalue weighted by Gasteiger charge is -2.33. The van der Waals surface area contributed by atoms with E-state index in [9.17, 15) is 4.79 Å². The van der Waals surface area contributed by atoms with Crippen LogP contribution in [-0.4, -0.2) is 40.7 Å². The largest absolute Gasteiger partial charge is 0.377 e. The predicted molar refractivity (Wildman–Crippen MR) is 72.7 cm³/mol. The maximum atomic E-state index is 12.7. The van der Waals surface area contributed by atoms with E-state index in [-0.39, 0.29) is 11.9 Å². The summed E-state index contributed by atoms with van der Waals surface area (Å²) in [5.41, 5.74) is 1.73. The average molecular weight is 293 g/mol. The first kappa shape index (κ1) is 13.3. The lowest BCUT2D eigenvalue weighted by atomic mass is 10.1. The Morgan fingerprint density at radius 3 is 2.95 bits per heavy atom. The van der Waals surface area contributed by atoms with E-state index < -0.39 is 0 Å². The Kier molecular flexibility index (Phi) is 3.54.